The molecule has 0 aliphatic heterocycles. The SMILES string of the molecule is O=C(CCOCCOCCOCCOCCOCCOCCOCCOCCOCCOCCOCCOCCC(=O)Oc1c(F)c(F)c(F)c(F)c1F)Oc1c(F)c(F)c(F)c(F)c1F. The predicted molar refractivity (Wildman–Crippen MR) is 203 cm³/mol. The Morgan fingerprint density at radius 2 is 0.364 bits per heavy atom. The van der Waals surface area contributed by atoms with Gasteiger partial charge < -0.3 is 66.3 Å². The van der Waals surface area contributed by atoms with Crippen LogP contribution in [0.1, 0.15) is 12.8 Å². The molecule has 0 aliphatic rings. The van der Waals surface area contributed by atoms with E-state index in [1.807, 2.05) is 0 Å². The summed E-state index contributed by atoms with van der Waals surface area (Å²) in [4.78, 5) is 23.3. The van der Waals surface area contributed by atoms with Crippen LogP contribution in [0.25, 0.3) is 0 Å². The molecule has 0 saturated carbocycles. The van der Waals surface area contributed by atoms with E-state index in [4.69, 9.17) is 56.8 Å². The molecule has 0 heterocycles. The lowest BCUT2D eigenvalue weighted by atomic mass is 10.2. The van der Waals surface area contributed by atoms with Crippen LogP contribution in [0.5, 0.6) is 11.5 Å². The second-order valence-electron chi connectivity index (χ2n) is 12.6. The first-order chi connectivity index (χ1) is 31.9. The Morgan fingerprint density at radius 1 is 0.227 bits per heavy atom. The second-order valence-corrected chi connectivity index (χ2v) is 12.6. The molecule has 2 aromatic rings. The van der Waals surface area contributed by atoms with Crippen molar-refractivity contribution in [2.45, 2.75) is 12.8 Å². The summed E-state index contributed by atoms with van der Waals surface area (Å²) in [7, 11) is 0. The summed E-state index contributed by atoms with van der Waals surface area (Å²) in [6, 6.07) is 0. The Kier molecular flexibility index (Phi) is 32.1. The summed E-state index contributed by atoms with van der Waals surface area (Å²) in [5, 5.41) is 0. The lowest BCUT2D eigenvalue weighted by Gasteiger charge is -2.09. The third-order valence-corrected chi connectivity index (χ3v) is 7.76. The molecule has 0 aromatic heterocycles. The van der Waals surface area contributed by atoms with E-state index in [0.29, 0.717) is 92.5 Å². The van der Waals surface area contributed by atoms with Crippen molar-refractivity contribution in [2.24, 2.45) is 0 Å². The van der Waals surface area contributed by atoms with Crippen LogP contribution in [0.2, 0.25) is 0 Å². The van der Waals surface area contributed by atoms with Gasteiger partial charge in [-0.15, -0.1) is 0 Å². The van der Waals surface area contributed by atoms with Gasteiger partial charge in [-0.1, -0.05) is 0 Å². The van der Waals surface area contributed by atoms with Crippen molar-refractivity contribution >= 4 is 11.9 Å². The molecule has 378 valence electrons. The largest absolute Gasteiger partial charge is 0.420 e. The predicted octanol–water partition coefficient (Wildman–Crippen LogP) is 4.57. The molecule has 0 radical (unpaired) electrons. The molecule has 16 nitrogen and oxygen atoms in total. The number of ether oxygens (including phenoxy) is 14. The van der Waals surface area contributed by atoms with Crippen LogP contribution in [0.15, 0.2) is 0 Å². The van der Waals surface area contributed by atoms with Crippen molar-refractivity contribution in [3.8, 4) is 11.5 Å². The minimum atomic E-state index is -2.36. The molecular weight excluding hydrogens is 926 g/mol. The lowest BCUT2D eigenvalue weighted by Crippen LogP contribution is -2.17. The molecule has 66 heavy (non-hydrogen) atoms. The number of carbonyl (C=O) groups excluding carboxylic acids is 2. The number of halogens is 10. The zero-order valence-electron chi connectivity index (χ0n) is 35.7. The normalized spacial score (nSPS) is 11.5. The molecule has 0 spiro atoms. The van der Waals surface area contributed by atoms with Crippen LogP contribution in [0.3, 0.4) is 0 Å². The Morgan fingerprint density at radius 3 is 0.530 bits per heavy atom. The lowest BCUT2D eigenvalue weighted by molar-refractivity contribution is -0.137. The van der Waals surface area contributed by atoms with Gasteiger partial charge in [0.05, 0.1) is 171 Å². The third-order valence-electron chi connectivity index (χ3n) is 7.76. The third kappa shape index (κ3) is 24.3. The monoisotopic (exact) mass is 978 g/mol. The van der Waals surface area contributed by atoms with Crippen molar-refractivity contribution in [1.29, 1.82) is 0 Å². The quantitative estimate of drug-likeness (QED) is 0.0227. The highest BCUT2D eigenvalue weighted by atomic mass is 19.2. The maximum absolute atomic E-state index is 13.6. The highest BCUT2D eigenvalue weighted by molar-refractivity contribution is 5.73. The summed E-state index contributed by atoms with van der Waals surface area (Å²) in [5.41, 5.74) is 0. The topological polar surface area (TPSA) is 163 Å². The molecule has 0 saturated heterocycles. The zero-order chi connectivity index (χ0) is 48.4. The van der Waals surface area contributed by atoms with Crippen LogP contribution >= 0.6 is 0 Å². The second kappa shape index (κ2) is 36.3. The average molecular weight is 979 g/mol. The van der Waals surface area contributed by atoms with Gasteiger partial charge in [0, 0.05) is 0 Å². The van der Waals surface area contributed by atoms with Crippen LogP contribution in [-0.4, -0.2) is 171 Å². The average Bonchev–Trinajstić information content (AvgIpc) is 3.31. The van der Waals surface area contributed by atoms with Crippen molar-refractivity contribution in [3.05, 3.63) is 58.2 Å². The molecule has 0 N–H and O–H groups in total. The van der Waals surface area contributed by atoms with Crippen molar-refractivity contribution < 1.29 is 120 Å². The molecule has 0 amide bonds. The summed E-state index contributed by atoms with van der Waals surface area (Å²) in [6.45, 7) is 5.99. The standard InChI is InChI=1S/C40H52F10O16/c41-29-31(43)35(47)39(36(48)32(29)44)65-27(51)1-3-53-5-7-55-9-11-57-13-15-59-17-19-61-21-23-63-25-26-64-24-22-62-20-18-60-16-14-58-12-10-56-8-6-54-4-2-28(52)66-40-37(49)33(45)30(42)34(46)38(40)50/h1-26H2. The summed E-state index contributed by atoms with van der Waals surface area (Å²) in [6.07, 6.45) is -1.02. The highest BCUT2D eigenvalue weighted by Crippen LogP contribution is 2.30. The van der Waals surface area contributed by atoms with E-state index in [0.717, 1.165) is 0 Å². The van der Waals surface area contributed by atoms with Gasteiger partial charge in [-0.2, -0.15) is 17.6 Å². The van der Waals surface area contributed by atoms with Gasteiger partial charge in [0.1, 0.15) is 0 Å². The van der Waals surface area contributed by atoms with E-state index in [1.165, 1.54) is 0 Å². The molecule has 0 atom stereocenters. The first kappa shape index (κ1) is 58.3. The molecule has 0 fully saturated rings. The number of rotatable bonds is 41. The van der Waals surface area contributed by atoms with E-state index in [1.54, 1.807) is 0 Å². The number of hydrogen-bond acceptors (Lipinski definition) is 16. The van der Waals surface area contributed by atoms with Crippen molar-refractivity contribution in [3.63, 3.8) is 0 Å². The first-order valence-corrected chi connectivity index (χ1v) is 20.2. The van der Waals surface area contributed by atoms with E-state index in [2.05, 4.69) is 9.47 Å². The fraction of sp³-hybridized carbons (Fsp3) is 0.650. The smallest absolute Gasteiger partial charge is 0.313 e. The van der Waals surface area contributed by atoms with Gasteiger partial charge >= 0.3 is 11.9 Å². The van der Waals surface area contributed by atoms with Crippen molar-refractivity contribution in [2.75, 3.05) is 159 Å². The van der Waals surface area contributed by atoms with Gasteiger partial charge in [-0.05, 0) is 0 Å². The molecule has 2 aromatic carbocycles. The molecule has 2 rings (SSSR count). The van der Waals surface area contributed by atoms with Gasteiger partial charge in [0.2, 0.25) is 69.7 Å². The van der Waals surface area contributed by atoms with Gasteiger partial charge in [-0.25, -0.2) is 26.3 Å². The van der Waals surface area contributed by atoms with Crippen LogP contribution < -0.4 is 9.47 Å². The van der Waals surface area contributed by atoms with Crippen LogP contribution in [0.4, 0.5) is 43.9 Å². The summed E-state index contributed by atoms with van der Waals surface area (Å²) in [5.74, 6) is -28.5. The van der Waals surface area contributed by atoms with Crippen LogP contribution in [-0.2, 0) is 66.4 Å². The number of esters is 2. The van der Waals surface area contributed by atoms with Gasteiger partial charge in [-0.3, -0.25) is 9.59 Å². The van der Waals surface area contributed by atoms with E-state index >= 15 is 0 Å². The van der Waals surface area contributed by atoms with Crippen molar-refractivity contribution in [1.82, 2.24) is 0 Å². The minimum absolute atomic E-state index is 0.0544. The number of benzene rings is 2. The Balaban J connectivity index is 1.21. The van der Waals surface area contributed by atoms with Gasteiger partial charge in [0.25, 0.3) is 0 Å². The highest BCUT2D eigenvalue weighted by Gasteiger charge is 2.29. The zero-order valence-corrected chi connectivity index (χ0v) is 35.7. The Bertz CT molecular complexity index is 1510. The van der Waals surface area contributed by atoms with Crippen LogP contribution in [0, 0.1) is 58.2 Å². The fourth-order valence-corrected chi connectivity index (χ4v) is 4.51. The summed E-state index contributed by atoms with van der Waals surface area (Å²) >= 11 is 0. The minimum Gasteiger partial charge on any atom is -0.420 e. The maximum atomic E-state index is 13.6. The molecule has 0 aliphatic carbocycles. The number of hydrogen-bond donors (Lipinski definition) is 0. The Labute approximate surface area is 372 Å². The molecule has 26 heteroatoms. The number of carbonyl (C=O) groups is 2. The Hall–Kier alpha value is -3.80. The van der Waals surface area contributed by atoms with E-state index in [-0.39, 0.29) is 66.1 Å². The van der Waals surface area contributed by atoms with E-state index < -0.39 is 94.5 Å². The van der Waals surface area contributed by atoms with Gasteiger partial charge in [0.15, 0.2) is 0 Å². The summed E-state index contributed by atoms with van der Waals surface area (Å²) < 4.78 is 206. The van der Waals surface area contributed by atoms with E-state index in [9.17, 15) is 53.5 Å². The molecule has 0 bridgehead atoms. The molecule has 0 unspecified atom stereocenters. The molecular formula is C40H52F10O16. The fourth-order valence-electron chi connectivity index (χ4n) is 4.51. The maximum Gasteiger partial charge on any atom is 0.313 e. The first-order valence-electron chi connectivity index (χ1n) is 20.2.